The normalized spacial score (nSPS) is 16.6. The minimum atomic E-state index is -3.70. The minimum absolute atomic E-state index is 0.0457. The maximum absolute atomic E-state index is 11.7. The average Bonchev–Trinajstić information content (AvgIpc) is 3.05. The SMILES string of the molecule is NS(=O)(=O)c1ccc(CCNC(=O)COC(=O)C[C@@H]2C=CCC2)cc1. The summed E-state index contributed by atoms with van der Waals surface area (Å²) in [5.74, 6) is -0.516. The van der Waals surface area contributed by atoms with Gasteiger partial charge < -0.3 is 10.1 Å². The fraction of sp³-hybridized carbons (Fsp3) is 0.412. The van der Waals surface area contributed by atoms with Crippen molar-refractivity contribution in [1.29, 1.82) is 0 Å². The molecule has 0 radical (unpaired) electrons. The predicted octanol–water partition coefficient (Wildman–Crippen LogP) is 0.892. The van der Waals surface area contributed by atoms with Crippen LogP contribution in [0.5, 0.6) is 0 Å². The monoisotopic (exact) mass is 366 g/mol. The Hall–Kier alpha value is -2.19. The molecule has 25 heavy (non-hydrogen) atoms. The van der Waals surface area contributed by atoms with E-state index in [1.165, 1.54) is 12.1 Å². The van der Waals surface area contributed by atoms with Crippen molar-refractivity contribution in [3.8, 4) is 0 Å². The second-order valence-electron chi connectivity index (χ2n) is 5.92. The Kier molecular flexibility index (Phi) is 6.72. The molecule has 1 aliphatic carbocycles. The number of sulfonamides is 1. The summed E-state index contributed by atoms with van der Waals surface area (Å²) in [6.07, 6.45) is 6.81. The summed E-state index contributed by atoms with van der Waals surface area (Å²) in [7, 11) is -3.70. The number of carbonyl (C=O) groups excluding carboxylic acids is 2. The molecule has 0 bridgehead atoms. The zero-order valence-electron chi connectivity index (χ0n) is 13.8. The quantitative estimate of drug-likeness (QED) is 0.524. The van der Waals surface area contributed by atoms with Gasteiger partial charge in [-0.3, -0.25) is 9.59 Å². The lowest BCUT2D eigenvalue weighted by Gasteiger charge is -2.09. The highest BCUT2D eigenvalue weighted by molar-refractivity contribution is 7.89. The second kappa shape index (κ2) is 8.77. The summed E-state index contributed by atoms with van der Waals surface area (Å²) in [6.45, 7) is 0.0656. The number of amides is 1. The molecular formula is C17H22N2O5S. The highest BCUT2D eigenvalue weighted by atomic mass is 32.2. The van der Waals surface area contributed by atoms with Gasteiger partial charge in [-0.1, -0.05) is 24.3 Å². The maximum Gasteiger partial charge on any atom is 0.306 e. The van der Waals surface area contributed by atoms with E-state index in [2.05, 4.69) is 5.32 Å². The lowest BCUT2D eigenvalue weighted by molar-refractivity contribution is -0.149. The molecule has 0 aromatic heterocycles. The lowest BCUT2D eigenvalue weighted by Crippen LogP contribution is -2.30. The lowest BCUT2D eigenvalue weighted by atomic mass is 10.1. The number of hydrogen-bond donors (Lipinski definition) is 2. The van der Waals surface area contributed by atoms with Gasteiger partial charge in [0, 0.05) is 6.54 Å². The molecule has 1 amide bonds. The van der Waals surface area contributed by atoms with E-state index in [9.17, 15) is 18.0 Å². The van der Waals surface area contributed by atoms with E-state index in [0.717, 1.165) is 18.4 Å². The highest BCUT2D eigenvalue weighted by Crippen LogP contribution is 2.20. The first-order valence-electron chi connectivity index (χ1n) is 8.05. The van der Waals surface area contributed by atoms with E-state index >= 15 is 0 Å². The molecule has 1 aromatic rings. The van der Waals surface area contributed by atoms with E-state index in [1.807, 2.05) is 12.2 Å². The van der Waals surface area contributed by atoms with Gasteiger partial charge in [0.05, 0.1) is 11.3 Å². The summed E-state index contributed by atoms with van der Waals surface area (Å²) in [5.41, 5.74) is 0.859. The minimum Gasteiger partial charge on any atom is -0.456 e. The molecule has 0 aliphatic heterocycles. The van der Waals surface area contributed by atoms with Crippen LogP contribution >= 0.6 is 0 Å². The van der Waals surface area contributed by atoms with Crippen molar-refractivity contribution in [2.75, 3.05) is 13.2 Å². The molecule has 0 spiro atoms. The van der Waals surface area contributed by atoms with E-state index in [-0.39, 0.29) is 29.3 Å². The molecule has 0 heterocycles. The molecule has 3 N–H and O–H groups in total. The number of allylic oxidation sites excluding steroid dienone is 2. The van der Waals surface area contributed by atoms with Gasteiger partial charge in [-0.25, -0.2) is 13.6 Å². The number of hydrogen-bond acceptors (Lipinski definition) is 5. The van der Waals surface area contributed by atoms with Crippen LogP contribution in [0, 0.1) is 5.92 Å². The fourth-order valence-corrected chi connectivity index (χ4v) is 3.04. The topological polar surface area (TPSA) is 116 Å². The average molecular weight is 366 g/mol. The molecule has 2 rings (SSSR count). The van der Waals surface area contributed by atoms with Gasteiger partial charge in [-0.15, -0.1) is 0 Å². The standard InChI is InChI=1S/C17H22N2O5S/c18-25(22,23)15-7-5-13(6-8-15)9-10-19-16(20)12-24-17(21)11-14-3-1-2-4-14/h1,3,5-8,14H,2,4,9-12H2,(H,19,20)(H2,18,22,23)/t14-/m1/s1. The molecule has 8 heteroatoms. The van der Waals surface area contributed by atoms with E-state index in [1.54, 1.807) is 12.1 Å². The number of primary sulfonamides is 1. The first-order valence-corrected chi connectivity index (χ1v) is 9.60. The predicted molar refractivity (Wildman–Crippen MR) is 92.0 cm³/mol. The van der Waals surface area contributed by atoms with E-state index < -0.39 is 10.0 Å². The van der Waals surface area contributed by atoms with Crippen LogP contribution in [0.3, 0.4) is 0 Å². The Labute approximate surface area is 147 Å². The van der Waals surface area contributed by atoms with Crippen molar-refractivity contribution in [3.05, 3.63) is 42.0 Å². The van der Waals surface area contributed by atoms with Crippen LogP contribution < -0.4 is 10.5 Å². The Morgan fingerprint density at radius 2 is 1.96 bits per heavy atom. The van der Waals surface area contributed by atoms with Crippen LogP contribution in [0.25, 0.3) is 0 Å². The third kappa shape index (κ3) is 6.67. The van der Waals surface area contributed by atoms with Crippen molar-refractivity contribution >= 4 is 21.9 Å². The number of esters is 1. The van der Waals surface area contributed by atoms with Gasteiger partial charge in [0.25, 0.3) is 5.91 Å². The molecule has 0 fully saturated rings. The largest absolute Gasteiger partial charge is 0.456 e. The molecule has 7 nitrogen and oxygen atoms in total. The van der Waals surface area contributed by atoms with Gasteiger partial charge in [0.15, 0.2) is 6.61 Å². The molecule has 0 saturated carbocycles. The van der Waals surface area contributed by atoms with Crippen LogP contribution in [0.15, 0.2) is 41.3 Å². The van der Waals surface area contributed by atoms with Crippen LogP contribution in [-0.4, -0.2) is 33.4 Å². The van der Waals surface area contributed by atoms with Crippen molar-refractivity contribution < 1.29 is 22.7 Å². The van der Waals surface area contributed by atoms with Crippen molar-refractivity contribution in [1.82, 2.24) is 5.32 Å². The summed E-state index contributed by atoms with van der Waals surface area (Å²) >= 11 is 0. The van der Waals surface area contributed by atoms with Crippen LogP contribution in [0.2, 0.25) is 0 Å². The van der Waals surface area contributed by atoms with Gasteiger partial charge in [0.2, 0.25) is 10.0 Å². The van der Waals surface area contributed by atoms with Gasteiger partial charge in [-0.2, -0.15) is 0 Å². The van der Waals surface area contributed by atoms with Gasteiger partial charge >= 0.3 is 5.97 Å². The maximum atomic E-state index is 11.7. The summed E-state index contributed by atoms with van der Waals surface area (Å²) in [6, 6.07) is 6.12. The van der Waals surface area contributed by atoms with Crippen molar-refractivity contribution in [3.63, 3.8) is 0 Å². The van der Waals surface area contributed by atoms with Crippen LogP contribution in [0.4, 0.5) is 0 Å². The third-order valence-corrected chi connectivity index (χ3v) is 4.82. The molecule has 1 aromatic carbocycles. The molecule has 0 saturated heterocycles. The number of nitrogens with two attached hydrogens (primary N) is 1. The Morgan fingerprint density at radius 1 is 1.24 bits per heavy atom. The van der Waals surface area contributed by atoms with Gasteiger partial charge in [-0.05, 0) is 42.9 Å². The second-order valence-corrected chi connectivity index (χ2v) is 7.48. The number of benzene rings is 1. The third-order valence-electron chi connectivity index (χ3n) is 3.89. The molecular weight excluding hydrogens is 344 g/mol. The first kappa shape index (κ1) is 19.1. The van der Waals surface area contributed by atoms with Crippen LogP contribution in [-0.2, 0) is 30.8 Å². The highest BCUT2D eigenvalue weighted by Gasteiger charge is 2.15. The number of nitrogens with one attached hydrogen (secondary N) is 1. The van der Waals surface area contributed by atoms with Crippen LogP contribution in [0.1, 0.15) is 24.8 Å². The summed E-state index contributed by atoms with van der Waals surface area (Å²) in [4.78, 5) is 23.3. The Bertz CT molecular complexity index is 741. The van der Waals surface area contributed by atoms with Gasteiger partial charge in [0.1, 0.15) is 0 Å². The Balaban J connectivity index is 1.64. The Morgan fingerprint density at radius 3 is 2.56 bits per heavy atom. The van der Waals surface area contributed by atoms with E-state index in [4.69, 9.17) is 9.88 Å². The summed E-state index contributed by atoms with van der Waals surface area (Å²) < 4.78 is 27.3. The zero-order valence-corrected chi connectivity index (χ0v) is 14.6. The molecule has 1 aliphatic rings. The zero-order chi connectivity index (χ0) is 18.3. The van der Waals surface area contributed by atoms with Crippen molar-refractivity contribution in [2.24, 2.45) is 11.1 Å². The van der Waals surface area contributed by atoms with E-state index in [0.29, 0.717) is 19.4 Å². The molecule has 1 atom stereocenters. The smallest absolute Gasteiger partial charge is 0.306 e. The molecule has 136 valence electrons. The number of rotatable bonds is 8. The molecule has 0 unspecified atom stereocenters. The van der Waals surface area contributed by atoms with Crippen molar-refractivity contribution in [2.45, 2.75) is 30.6 Å². The fourth-order valence-electron chi connectivity index (χ4n) is 2.53. The first-order chi connectivity index (χ1) is 11.8. The number of carbonyl (C=O) groups is 2. The number of ether oxygens (including phenoxy) is 1. The summed E-state index contributed by atoms with van der Waals surface area (Å²) in [5, 5.41) is 7.68.